The van der Waals surface area contributed by atoms with Crippen molar-refractivity contribution in [2.45, 2.75) is 32.6 Å². The van der Waals surface area contributed by atoms with Crippen molar-refractivity contribution < 1.29 is 9.00 Å². The predicted molar refractivity (Wildman–Crippen MR) is 69.7 cm³/mol. The van der Waals surface area contributed by atoms with Crippen LogP contribution in [0, 0.1) is 11.8 Å². The van der Waals surface area contributed by atoms with Crippen LogP contribution < -0.4 is 0 Å². The minimum absolute atomic E-state index is 0.396. The van der Waals surface area contributed by atoms with Crippen molar-refractivity contribution in [3.8, 4) is 0 Å². The Hall–Kier alpha value is -0.0900. The highest BCUT2D eigenvalue weighted by molar-refractivity contribution is 8.17. The van der Waals surface area contributed by atoms with E-state index in [0.717, 1.165) is 41.4 Å². The van der Waals surface area contributed by atoms with E-state index >= 15 is 0 Å². The van der Waals surface area contributed by atoms with Gasteiger partial charge in [0, 0.05) is 18.6 Å². The van der Waals surface area contributed by atoms with Crippen LogP contribution in [0.1, 0.15) is 32.6 Å². The first-order chi connectivity index (χ1) is 7.66. The highest BCUT2D eigenvalue weighted by Crippen LogP contribution is 2.34. The summed E-state index contributed by atoms with van der Waals surface area (Å²) in [6.45, 7) is 2.16. The van der Waals surface area contributed by atoms with E-state index in [9.17, 15) is 9.00 Å². The summed E-state index contributed by atoms with van der Waals surface area (Å²) in [6.07, 6.45) is 5.70. The molecule has 16 heavy (non-hydrogen) atoms. The van der Waals surface area contributed by atoms with E-state index in [1.807, 2.05) is 0 Å². The zero-order valence-electron chi connectivity index (χ0n) is 9.61. The summed E-state index contributed by atoms with van der Waals surface area (Å²) in [6, 6.07) is 0. The average molecular weight is 258 g/mol. The van der Waals surface area contributed by atoms with Gasteiger partial charge < -0.3 is 0 Å². The van der Waals surface area contributed by atoms with Crippen molar-refractivity contribution in [2.24, 2.45) is 11.8 Å². The summed E-state index contributed by atoms with van der Waals surface area (Å²) in [4.78, 5) is 11.2. The van der Waals surface area contributed by atoms with Crippen LogP contribution in [0.25, 0.3) is 0 Å². The fourth-order valence-electron chi connectivity index (χ4n) is 2.30. The van der Waals surface area contributed by atoms with Crippen LogP contribution >= 0.6 is 11.8 Å². The molecule has 1 aliphatic heterocycles. The highest BCUT2D eigenvalue weighted by Gasteiger charge is 2.27. The molecule has 2 unspecified atom stereocenters. The van der Waals surface area contributed by atoms with Gasteiger partial charge in [-0.3, -0.25) is 9.00 Å². The van der Waals surface area contributed by atoms with Gasteiger partial charge in [-0.2, -0.15) is 0 Å². The number of carbonyl (C=O) groups is 1. The van der Waals surface area contributed by atoms with Crippen molar-refractivity contribution in [1.29, 1.82) is 0 Å². The van der Waals surface area contributed by atoms with Crippen LogP contribution in [0.5, 0.6) is 0 Å². The van der Waals surface area contributed by atoms with Crippen LogP contribution in [0.2, 0.25) is 0 Å². The summed E-state index contributed by atoms with van der Waals surface area (Å²) in [5, 5.41) is 0. The van der Waals surface area contributed by atoms with Crippen LogP contribution in [-0.4, -0.2) is 21.5 Å². The molecule has 0 aromatic heterocycles. The Morgan fingerprint density at radius 2 is 2.38 bits per heavy atom. The van der Waals surface area contributed by atoms with Gasteiger partial charge in [0.2, 0.25) is 0 Å². The van der Waals surface area contributed by atoms with Gasteiger partial charge in [0.15, 0.2) is 0 Å². The molecule has 1 aliphatic carbocycles. The Kier molecular flexibility index (Phi) is 4.25. The van der Waals surface area contributed by atoms with Crippen LogP contribution in [0.4, 0.5) is 0 Å². The lowest BCUT2D eigenvalue weighted by Gasteiger charge is -2.18. The molecule has 90 valence electrons. The number of allylic oxidation sites excluding steroid dienone is 1. The van der Waals surface area contributed by atoms with Gasteiger partial charge in [-0.05, 0) is 30.4 Å². The van der Waals surface area contributed by atoms with E-state index in [2.05, 4.69) is 13.0 Å². The number of thioether (sulfide) groups is 1. The van der Waals surface area contributed by atoms with Crippen molar-refractivity contribution >= 4 is 28.3 Å². The molecular weight excluding hydrogens is 240 g/mol. The number of hydrogen-bond donors (Lipinski definition) is 0. The zero-order chi connectivity index (χ0) is 11.5. The lowest BCUT2D eigenvalue weighted by molar-refractivity contribution is -0.117. The number of ketones is 1. The van der Waals surface area contributed by atoms with E-state index in [4.69, 9.17) is 0 Å². The summed E-state index contributed by atoms with van der Waals surface area (Å²) >= 11 is 1.74. The molecule has 2 nitrogen and oxygen atoms in total. The third kappa shape index (κ3) is 2.98. The molecule has 0 aromatic carbocycles. The Balaban J connectivity index is 1.99. The third-order valence-electron chi connectivity index (χ3n) is 3.37. The largest absolute Gasteiger partial charge is 0.300 e. The predicted octanol–water partition coefficient (Wildman–Crippen LogP) is 2.72. The zero-order valence-corrected chi connectivity index (χ0v) is 11.2. The maximum Gasteiger partial charge on any atom is 0.133 e. The molecule has 0 aromatic rings. The van der Waals surface area contributed by atoms with Gasteiger partial charge in [-0.15, -0.1) is 11.8 Å². The Morgan fingerprint density at radius 1 is 1.56 bits per heavy atom. The third-order valence-corrected chi connectivity index (χ3v) is 6.44. The maximum atomic E-state index is 11.8. The smallest absolute Gasteiger partial charge is 0.133 e. The van der Waals surface area contributed by atoms with E-state index < -0.39 is 10.8 Å². The van der Waals surface area contributed by atoms with Crippen LogP contribution in [-0.2, 0) is 15.6 Å². The van der Waals surface area contributed by atoms with Crippen LogP contribution in [0.15, 0.2) is 10.3 Å². The number of Topliss-reactive ketones (excluding diaryl/α,β-unsaturated/α-hetero) is 1. The molecule has 0 amide bonds. The normalized spacial score (nSPS) is 35.6. The molecule has 2 aliphatic rings. The van der Waals surface area contributed by atoms with E-state index in [-0.39, 0.29) is 0 Å². The van der Waals surface area contributed by atoms with E-state index in [1.54, 1.807) is 11.8 Å². The second-order valence-electron chi connectivity index (χ2n) is 4.64. The van der Waals surface area contributed by atoms with Gasteiger partial charge >= 0.3 is 0 Å². The Morgan fingerprint density at radius 3 is 3.00 bits per heavy atom. The molecule has 0 radical (unpaired) electrons. The van der Waals surface area contributed by atoms with E-state index in [0.29, 0.717) is 17.6 Å². The van der Waals surface area contributed by atoms with Crippen molar-refractivity contribution in [1.82, 2.24) is 0 Å². The topological polar surface area (TPSA) is 34.1 Å². The highest BCUT2D eigenvalue weighted by atomic mass is 32.2. The average Bonchev–Trinajstić information content (AvgIpc) is 2.68. The Bertz CT molecular complexity index is 336. The second kappa shape index (κ2) is 5.50. The standard InChI is InChI=1S/C12H18O2S2/c1-9(10-3-4-11(13)8-10)7-12-15-5-2-6-16(12)14/h7,9-10H,2-6,8H2,1H3/b12-7-/t9-,10?,16?/m1/s1. The van der Waals surface area contributed by atoms with Crippen LogP contribution in [0.3, 0.4) is 0 Å². The molecule has 3 atom stereocenters. The molecular formula is C12H18O2S2. The summed E-state index contributed by atoms with van der Waals surface area (Å²) in [5.41, 5.74) is 0. The van der Waals surface area contributed by atoms with Gasteiger partial charge in [0.1, 0.15) is 5.78 Å². The van der Waals surface area contributed by atoms with Gasteiger partial charge in [-0.1, -0.05) is 13.0 Å². The first-order valence-corrected chi connectivity index (χ1v) is 8.22. The van der Waals surface area contributed by atoms with Crippen molar-refractivity contribution in [2.75, 3.05) is 11.5 Å². The molecule has 0 N–H and O–H groups in total. The summed E-state index contributed by atoms with van der Waals surface area (Å²) in [7, 11) is -0.768. The first-order valence-electron chi connectivity index (χ1n) is 5.91. The molecule has 1 saturated heterocycles. The maximum absolute atomic E-state index is 11.8. The van der Waals surface area contributed by atoms with Crippen molar-refractivity contribution in [3.05, 3.63) is 10.3 Å². The lowest BCUT2D eigenvalue weighted by Crippen LogP contribution is -2.11. The van der Waals surface area contributed by atoms with Gasteiger partial charge in [-0.25, -0.2) is 0 Å². The summed E-state index contributed by atoms with van der Waals surface area (Å²) < 4.78 is 12.8. The monoisotopic (exact) mass is 258 g/mol. The fraction of sp³-hybridized carbons (Fsp3) is 0.750. The van der Waals surface area contributed by atoms with Gasteiger partial charge in [0.25, 0.3) is 0 Å². The molecule has 1 saturated carbocycles. The first kappa shape index (κ1) is 12.4. The fourth-order valence-corrected chi connectivity index (χ4v) is 5.28. The molecule has 4 heteroatoms. The quantitative estimate of drug-likeness (QED) is 0.764. The minimum atomic E-state index is -0.768. The molecule has 2 rings (SSSR count). The number of carbonyl (C=O) groups excluding carboxylic acids is 1. The molecule has 0 bridgehead atoms. The van der Waals surface area contributed by atoms with Crippen molar-refractivity contribution in [3.63, 3.8) is 0 Å². The summed E-state index contributed by atoms with van der Waals surface area (Å²) in [5.74, 6) is 3.19. The molecule has 0 spiro atoms. The lowest BCUT2D eigenvalue weighted by atomic mass is 9.93. The van der Waals surface area contributed by atoms with Gasteiger partial charge in [0.05, 0.1) is 15.0 Å². The molecule has 2 fully saturated rings. The van der Waals surface area contributed by atoms with E-state index in [1.165, 1.54) is 0 Å². The molecule has 1 heterocycles. The SMILES string of the molecule is C[C@H](/C=C1/SCCCS1=O)C1CCC(=O)C1. The second-order valence-corrected chi connectivity index (χ2v) is 7.57. The number of hydrogen-bond acceptors (Lipinski definition) is 3. The Labute approximate surface area is 104 Å². The minimum Gasteiger partial charge on any atom is -0.300 e. The number of rotatable bonds is 2.